The summed E-state index contributed by atoms with van der Waals surface area (Å²) < 4.78 is 77.0. The van der Waals surface area contributed by atoms with E-state index in [-0.39, 0.29) is 11.4 Å². The molecule has 0 spiro atoms. The highest BCUT2D eigenvalue weighted by atomic mass is 19.4. The molecule has 2 aromatic heterocycles. The molecule has 3 aromatic rings. The summed E-state index contributed by atoms with van der Waals surface area (Å²) in [5.41, 5.74) is 1.62. The van der Waals surface area contributed by atoms with Crippen LogP contribution in [0.4, 0.5) is 32.3 Å². The summed E-state index contributed by atoms with van der Waals surface area (Å²) in [5, 5.41) is 7.29. The van der Waals surface area contributed by atoms with Crippen LogP contribution in [0.5, 0.6) is 0 Å². The van der Waals surface area contributed by atoms with Gasteiger partial charge in [-0.15, -0.1) is 0 Å². The lowest BCUT2D eigenvalue weighted by Crippen LogP contribution is -2.18. The molecule has 0 aliphatic heterocycles. The minimum Gasteiger partial charge on any atom is -0.263 e. The lowest BCUT2D eigenvalue weighted by atomic mass is 10.1. The Labute approximate surface area is 159 Å². The molecule has 2 heterocycles. The lowest BCUT2D eigenvalue weighted by molar-refractivity contribution is -0.143. The van der Waals surface area contributed by atoms with Crippen molar-refractivity contribution in [2.24, 2.45) is 5.10 Å². The fourth-order valence-corrected chi connectivity index (χ4v) is 2.27. The maximum Gasteiger partial charge on any atom is 0.433 e. The number of hydrogen-bond donors (Lipinski definition) is 1. The second-order valence-electron chi connectivity index (χ2n) is 5.75. The van der Waals surface area contributed by atoms with E-state index in [1.165, 1.54) is 6.07 Å². The summed E-state index contributed by atoms with van der Waals surface area (Å²) in [7, 11) is 0. The Balaban J connectivity index is 1.81. The fraction of sp³-hybridized carbons (Fsp3) is 0.176. The molecule has 152 valence electrons. The minimum absolute atomic E-state index is 0.0279. The average molecular weight is 414 g/mol. The van der Waals surface area contributed by atoms with Crippen LogP contribution in [0.25, 0.3) is 11.3 Å². The van der Waals surface area contributed by atoms with Crippen molar-refractivity contribution < 1.29 is 26.3 Å². The molecule has 12 heteroatoms. The summed E-state index contributed by atoms with van der Waals surface area (Å²) in [6.45, 7) is -1.27. The van der Waals surface area contributed by atoms with Crippen LogP contribution in [0.2, 0.25) is 0 Å². The van der Waals surface area contributed by atoms with Gasteiger partial charge in [0.1, 0.15) is 12.2 Å². The quantitative estimate of drug-likeness (QED) is 0.383. The maximum absolute atomic E-state index is 13.1. The Hall–Kier alpha value is -3.44. The highest BCUT2D eigenvalue weighted by Gasteiger charge is 2.34. The highest BCUT2D eigenvalue weighted by molar-refractivity contribution is 5.77. The van der Waals surface area contributed by atoms with Crippen molar-refractivity contribution in [1.29, 1.82) is 0 Å². The zero-order valence-corrected chi connectivity index (χ0v) is 14.4. The average Bonchev–Trinajstić information content (AvgIpc) is 3.07. The third kappa shape index (κ3) is 5.77. The van der Waals surface area contributed by atoms with Gasteiger partial charge in [0.25, 0.3) is 0 Å². The number of halogens is 6. The maximum atomic E-state index is 13.1. The lowest BCUT2D eigenvalue weighted by Gasteiger charge is -2.10. The van der Waals surface area contributed by atoms with E-state index in [2.05, 4.69) is 25.6 Å². The Morgan fingerprint density at radius 2 is 1.72 bits per heavy atom. The number of nitrogens with zero attached hydrogens (tertiary/aromatic N) is 5. The predicted octanol–water partition coefficient (Wildman–Crippen LogP) is 4.37. The van der Waals surface area contributed by atoms with Crippen LogP contribution in [-0.2, 0) is 12.7 Å². The normalized spacial score (nSPS) is 12.5. The summed E-state index contributed by atoms with van der Waals surface area (Å²) in [6.07, 6.45) is -7.00. The van der Waals surface area contributed by atoms with Gasteiger partial charge in [-0.1, -0.05) is 30.3 Å². The van der Waals surface area contributed by atoms with Crippen molar-refractivity contribution in [2.45, 2.75) is 18.9 Å². The Morgan fingerprint density at radius 1 is 1.00 bits per heavy atom. The Morgan fingerprint density at radius 3 is 2.38 bits per heavy atom. The largest absolute Gasteiger partial charge is 0.433 e. The van der Waals surface area contributed by atoms with E-state index in [1.807, 2.05) is 0 Å². The highest BCUT2D eigenvalue weighted by Crippen LogP contribution is 2.31. The van der Waals surface area contributed by atoms with Gasteiger partial charge in [0.2, 0.25) is 5.95 Å². The molecule has 0 radical (unpaired) electrons. The van der Waals surface area contributed by atoms with Gasteiger partial charge in [0.05, 0.1) is 11.9 Å². The second kappa shape index (κ2) is 7.89. The van der Waals surface area contributed by atoms with Crippen LogP contribution in [-0.4, -0.2) is 32.1 Å². The number of alkyl halides is 6. The molecule has 0 saturated heterocycles. The van der Waals surface area contributed by atoms with Crippen LogP contribution in [0.15, 0.2) is 53.8 Å². The predicted molar refractivity (Wildman–Crippen MR) is 92.0 cm³/mol. The second-order valence-corrected chi connectivity index (χ2v) is 5.75. The molecular formula is C17H12F6N6. The van der Waals surface area contributed by atoms with Crippen LogP contribution in [0.1, 0.15) is 11.4 Å². The van der Waals surface area contributed by atoms with E-state index in [9.17, 15) is 26.3 Å². The zero-order valence-electron chi connectivity index (χ0n) is 14.4. The first kappa shape index (κ1) is 20.3. The number of benzene rings is 1. The molecule has 0 aliphatic carbocycles. The molecular weight excluding hydrogens is 402 g/mol. The molecule has 1 N–H and O–H groups in total. The SMILES string of the molecule is FC(F)(F)Cn1ccc(/C=N\Nc2nc(-c3ccccc3)cc(C(F)(F)F)n2)n1. The molecule has 0 unspecified atom stereocenters. The number of nitrogens with one attached hydrogen (secondary N) is 1. The summed E-state index contributed by atoms with van der Waals surface area (Å²) in [4.78, 5) is 7.37. The summed E-state index contributed by atoms with van der Waals surface area (Å²) in [5.74, 6) is -0.426. The third-order valence-electron chi connectivity index (χ3n) is 3.45. The molecule has 0 fully saturated rings. The smallest absolute Gasteiger partial charge is 0.263 e. The van der Waals surface area contributed by atoms with Crippen LogP contribution in [0.3, 0.4) is 0 Å². The molecule has 0 aliphatic rings. The topological polar surface area (TPSA) is 68.0 Å². The third-order valence-corrected chi connectivity index (χ3v) is 3.45. The summed E-state index contributed by atoms with van der Waals surface area (Å²) >= 11 is 0. The standard InChI is InChI=1S/C17H12F6N6/c18-16(19,20)10-29-7-6-12(28-29)9-24-27-15-25-13(11-4-2-1-3-5-11)8-14(26-15)17(21,22)23/h1-9H,10H2,(H,25,26,27)/b24-9-. The van der Waals surface area contributed by atoms with Crippen molar-refractivity contribution >= 4 is 12.2 Å². The van der Waals surface area contributed by atoms with Gasteiger partial charge >= 0.3 is 12.4 Å². The molecule has 29 heavy (non-hydrogen) atoms. The van der Waals surface area contributed by atoms with E-state index >= 15 is 0 Å². The van der Waals surface area contributed by atoms with E-state index in [1.54, 1.807) is 30.3 Å². The van der Waals surface area contributed by atoms with Gasteiger partial charge in [0.15, 0.2) is 5.69 Å². The van der Waals surface area contributed by atoms with E-state index in [4.69, 9.17) is 0 Å². The molecule has 0 bridgehead atoms. The van der Waals surface area contributed by atoms with E-state index < -0.39 is 30.5 Å². The molecule has 1 aromatic carbocycles. The molecule has 0 saturated carbocycles. The van der Waals surface area contributed by atoms with Gasteiger partial charge < -0.3 is 0 Å². The van der Waals surface area contributed by atoms with Gasteiger partial charge in [-0.05, 0) is 12.1 Å². The molecule has 0 amide bonds. The van der Waals surface area contributed by atoms with Crippen LogP contribution in [0, 0.1) is 0 Å². The van der Waals surface area contributed by atoms with Crippen molar-refractivity contribution in [2.75, 3.05) is 5.43 Å². The first-order valence-electron chi connectivity index (χ1n) is 8.01. The van der Waals surface area contributed by atoms with Crippen molar-refractivity contribution in [1.82, 2.24) is 19.7 Å². The van der Waals surface area contributed by atoms with Gasteiger partial charge in [0, 0.05) is 11.8 Å². The Kier molecular flexibility index (Phi) is 5.52. The van der Waals surface area contributed by atoms with Gasteiger partial charge in [-0.3, -0.25) is 4.68 Å². The number of hydrogen-bond acceptors (Lipinski definition) is 5. The van der Waals surface area contributed by atoms with Crippen LogP contribution < -0.4 is 5.43 Å². The summed E-state index contributed by atoms with van der Waals surface area (Å²) in [6, 6.07) is 10.2. The first-order chi connectivity index (χ1) is 13.6. The Bertz CT molecular complexity index is 994. The number of aromatic nitrogens is 4. The number of anilines is 1. The zero-order chi connectivity index (χ0) is 21.1. The fourth-order valence-electron chi connectivity index (χ4n) is 2.27. The minimum atomic E-state index is -4.71. The van der Waals surface area contributed by atoms with Crippen molar-refractivity contribution in [3.05, 3.63) is 60.0 Å². The number of hydrazone groups is 1. The van der Waals surface area contributed by atoms with Gasteiger partial charge in [-0.2, -0.15) is 36.5 Å². The van der Waals surface area contributed by atoms with Crippen molar-refractivity contribution in [3.8, 4) is 11.3 Å². The van der Waals surface area contributed by atoms with Gasteiger partial charge in [-0.25, -0.2) is 15.4 Å². The van der Waals surface area contributed by atoms with Crippen molar-refractivity contribution in [3.63, 3.8) is 0 Å². The molecule has 6 nitrogen and oxygen atoms in total. The van der Waals surface area contributed by atoms with E-state index in [0.29, 0.717) is 10.2 Å². The first-order valence-corrected chi connectivity index (χ1v) is 8.01. The molecule has 3 rings (SSSR count). The molecule has 0 atom stereocenters. The number of rotatable bonds is 5. The van der Waals surface area contributed by atoms with E-state index in [0.717, 1.165) is 18.5 Å². The van der Waals surface area contributed by atoms with Crippen LogP contribution >= 0.6 is 0 Å². The monoisotopic (exact) mass is 414 g/mol.